The number of nitrogens with zero attached hydrogens (tertiary/aromatic N) is 1. The summed E-state index contributed by atoms with van der Waals surface area (Å²) < 4.78 is 30.4. The molecule has 0 atom stereocenters. The molecule has 6 heteroatoms. The Labute approximate surface area is 90.6 Å². The Morgan fingerprint density at radius 3 is 2.54 bits per heavy atom. The van der Waals surface area contributed by atoms with Crippen molar-refractivity contribution in [3.05, 3.63) is 20.7 Å². The molecule has 0 saturated carbocycles. The molecule has 0 amide bonds. The Bertz CT molecular complexity index is 320. The predicted molar refractivity (Wildman–Crippen MR) is 51.1 cm³/mol. The van der Waals surface area contributed by atoms with Crippen LogP contribution in [0.4, 0.5) is 8.78 Å². The van der Waals surface area contributed by atoms with Crippen molar-refractivity contribution in [3.63, 3.8) is 0 Å². The summed E-state index contributed by atoms with van der Waals surface area (Å²) in [5.74, 6) is -0.0647. The topological polar surface area (TPSA) is 22.1 Å². The van der Waals surface area contributed by atoms with Crippen LogP contribution in [0, 0.1) is 0 Å². The lowest BCUT2D eigenvalue weighted by atomic mass is 10.3. The first-order valence-electron chi connectivity index (χ1n) is 3.24. The molecule has 0 aliphatic heterocycles. The molecule has 0 bridgehead atoms. The predicted octanol–water partition coefficient (Wildman–Crippen LogP) is 3.55. The van der Waals surface area contributed by atoms with Crippen molar-refractivity contribution in [2.75, 3.05) is 7.11 Å². The largest absolute Gasteiger partial charge is 0.481 e. The third-order valence-electron chi connectivity index (χ3n) is 1.38. The van der Waals surface area contributed by atoms with Crippen molar-refractivity contribution in [1.29, 1.82) is 0 Å². The van der Waals surface area contributed by atoms with E-state index < -0.39 is 6.43 Å². The van der Waals surface area contributed by atoms with Crippen LogP contribution < -0.4 is 4.74 Å². The zero-order valence-corrected chi connectivity index (χ0v) is 9.69. The van der Waals surface area contributed by atoms with Gasteiger partial charge in [0.05, 0.1) is 17.1 Å². The number of rotatable bonds is 2. The van der Waals surface area contributed by atoms with E-state index in [2.05, 4.69) is 36.8 Å². The average molecular weight is 317 g/mol. The summed E-state index contributed by atoms with van der Waals surface area (Å²) in [6.45, 7) is 0. The fourth-order valence-corrected chi connectivity index (χ4v) is 1.58. The number of halogens is 4. The second kappa shape index (κ2) is 4.32. The van der Waals surface area contributed by atoms with Crippen LogP contribution in [0.5, 0.6) is 5.88 Å². The minimum Gasteiger partial charge on any atom is -0.481 e. The molecule has 0 unspecified atom stereocenters. The van der Waals surface area contributed by atoms with E-state index in [1.54, 1.807) is 0 Å². The summed E-state index contributed by atoms with van der Waals surface area (Å²) in [4.78, 5) is 3.70. The van der Waals surface area contributed by atoms with Crippen molar-refractivity contribution >= 4 is 31.9 Å². The third kappa shape index (κ3) is 2.17. The standard InChI is InChI=1S/C7H5Br2F2NO/c1-13-7-4(6(10)11)5(9)3(8)2-12-7/h2,6H,1H3. The molecule has 1 rings (SSSR count). The number of methoxy groups -OCH3 is 1. The van der Waals surface area contributed by atoms with Gasteiger partial charge in [-0.3, -0.25) is 0 Å². The van der Waals surface area contributed by atoms with Gasteiger partial charge in [-0.15, -0.1) is 0 Å². The number of aromatic nitrogens is 1. The van der Waals surface area contributed by atoms with E-state index in [1.165, 1.54) is 13.3 Å². The molecule has 0 radical (unpaired) electrons. The molecule has 72 valence electrons. The van der Waals surface area contributed by atoms with Crippen LogP contribution in [0.2, 0.25) is 0 Å². The summed E-state index contributed by atoms with van der Waals surface area (Å²) in [6, 6.07) is 0. The van der Waals surface area contributed by atoms with E-state index in [9.17, 15) is 8.78 Å². The van der Waals surface area contributed by atoms with Gasteiger partial charge in [0.15, 0.2) is 0 Å². The molecule has 1 aromatic heterocycles. The van der Waals surface area contributed by atoms with Crippen LogP contribution in [0.25, 0.3) is 0 Å². The van der Waals surface area contributed by atoms with E-state index in [4.69, 9.17) is 4.74 Å². The maximum absolute atomic E-state index is 12.5. The van der Waals surface area contributed by atoms with Crippen molar-refractivity contribution in [1.82, 2.24) is 4.98 Å². The van der Waals surface area contributed by atoms with Gasteiger partial charge in [0.25, 0.3) is 6.43 Å². The second-order valence-corrected chi connectivity index (χ2v) is 3.79. The second-order valence-electron chi connectivity index (χ2n) is 2.14. The Morgan fingerprint density at radius 1 is 1.46 bits per heavy atom. The Morgan fingerprint density at radius 2 is 2.08 bits per heavy atom. The molecule has 0 saturated heterocycles. The lowest BCUT2D eigenvalue weighted by Crippen LogP contribution is -1.97. The number of pyridine rings is 1. The maximum atomic E-state index is 12.5. The van der Waals surface area contributed by atoms with E-state index >= 15 is 0 Å². The zero-order chi connectivity index (χ0) is 10.0. The van der Waals surface area contributed by atoms with E-state index in [0.29, 0.717) is 4.47 Å². The SMILES string of the molecule is COc1ncc(Br)c(Br)c1C(F)F. The van der Waals surface area contributed by atoms with Crippen molar-refractivity contribution in [3.8, 4) is 5.88 Å². The highest BCUT2D eigenvalue weighted by molar-refractivity contribution is 9.13. The Hall–Kier alpha value is -0.230. The van der Waals surface area contributed by atoms with Gasteiger partial charge in [0.1, 0.15) is 0 Å². The quantitative estimate of drug-likeness (QED) is 0.832. The van der Waals surface area contributed by atoms with Gasteiger partial charge in [-0.05, 0) is 31.9 Å². The van der Waals surface area contributed by atoms with Crippen LogP contribution in [-0.4, -0.2) is 12.1 Å². The summed E-state index contributed by atoms with van der Waals surface area (Å²) in [7, 11) is 1.30. The van der Waals surface area contributed by atoms with Crippen LogP contribution in [0.1, 0.15) is 12.0 Å². The first kappa shape index (κ1) is 10.8. The summed E-state index contributed by atoms with van der Waals surface area (Å²) in [5, 5.41) is 0. The summed E-state index contributed by atoms with van der Waals surface area (Å²) >= 11 is 6.10. The number of hydrogen-bond acceptors (Lipinski definition) is 2. The molecule has 1 aromatic rings. The van der Waals surface area contributed by atoms with Crippen molar-refractivity contribution in [2.45, 2.75) is 6.43 Å². The lowest BCUT2D eigenvalue weighted by molar-refractivity contribution is 0.145. The normalized spacial score (nSPS) is 10.6. The molecule has 1 heterocycles. The fourth-order valence-electron chi connectivity index (χ4n) is 0.816. The molecule has 13 heavy (non-hydrogen) atoms. The Kier molecular flexibility index (Phi) is 3.61. The van der Waals surface area contributed by atoms with E-state index in [0.717, 1.165) is 0 Å². The molecule has 0 N–H and O–H groups in total. The molecule has 0 aliphatic rings. The Balaban J connectivity index is 3.32. The first-order chi connectivity index (χ1) is 6.07. The van der Waals surface area contributed by atoms with Gasteiger partial charge in [-0.1, -0.05) is 0 Å². The highest BCUT2D eigenvalue weighted by Crippen LogP contribution is 2.37. The summed E-state index contributed by atoms with van der Waals surface area (Å²) in [6.07, 6.45) is -1.22. The van der Waals surface area contributed by atoms with Gasteiger partial charge < -0.3 is 4.74 Å². The maximum Gasteiger partial charge on any atom is 0.270 e. The van der Waals surface area contributed by atoms with Crippen molar-refractivity contribution < 1.29 is 13.5 Å². The molecule has 0 aliphatic carbocycles. The van der Waals surface area contributed by atoms with Crippen molar-refractivity contribution in [2.24, 2.45) is 0 Å². The van der Waals surface area contributed by atoms with Gasteiger partial charge >= 0.3 is 0 Å². The zero-order valence-electron chi connectivity index (χ0n) is 6.52. The number of hydrogen-bond donors (Lipinski definition) is 0. The third-order valence-corrected chi connectivity index (χ3v) is 3.37. The molecule has 0 spiro atoms. The van der Waals surface area contributed by atoms with E-state index in [1.807, 2.05) is 0 Å². The molecule has 0 aromatic carbocycles. The van der Waals surface area contributed by atoms with E-state index in [-0.39, 0.29) is 15.9 Å². The van der Waals surface area contributed by atoms with Crippen LogP contribution in [0.3, 0.4) is 0 Å². The summed E-state index contributed by atoms with van der Waals surface area (Å²) in [5.41, 5.74) is -0.239. The lowest BCUT2D eigenvalue weighted by Gasteiger charge is -2.09. The molecular weight excluding hydrogens is 312 g/mol. The highest BCUT2D eigenvalue weighted by Gasteiger charge is 2.20. The molecular formula is C7H5Br2F2NO. The van der Waals surface area contributed by atoms with Crippen LogP contribution in [-0.2, 0) is 0 Å². The molecule has 0 fully saturated rings. The number of ether oxygens (including phenoxy) is 1. The minimum absolute atomic E-state index is 0.0647. The first-order valence-corrected chi connectivity index (χ1v) is 4.82. The van der Waals surface area contributed by atoms with Gasteiger partial charge in [-0.2, -0.15) is 0 Å². The minimum atomic E-state index is -2.62. The molecule has 2 nitrogen and oxygen atoms in total. The van der Waals surface area contributed by atoms with Crippen LogP contribution in [0.15, 0.2) is 15.1 Å². The smallest absolute Gasteiger partial charge is 0.270 e. The van der Waals surface area contributed by atoms with Gasteiger partial charge in [0, 0.05) is 10.7 Å². The number of alkyl halides is 2. The monoisotopic (exact) mass is 315 g/mol. The fraction of sp³-hybridized carbons (Fsp3) is 0.286. The average Bonchev–Trinajstić information content (AvgIpc) is 2.08. The van der Waals surface area contributed by atoms with Gasteiger partial charge in [-0.25, -0.2) is 13.8 Å². The van der Waals surface area contributed by atoms with Crippen LogP contribution >= 0.6 is 31.9 Å². The highest BCUT2D eigenvalue weighted by atomic mass is 79.9. The van der Waals surface area contributed by atoms with Gasteiger partial charge in [0.2, 0.25) is 5.88 Å².